The Kier molecular flexibility index (Phi) is 4.52. The van der Waals surface area contributed by atoms with E-state index >= 15 is 0 Å². The van der Waals surface area contributed by atoms with Gasteiger partial charge >= 0.3 is 12.3 Å². The van der Waals surface area contributed by atoms with E-state index in [4.69, 9.17) is 5.73 Å². The number of rotatable bonds is 4. The fraction of sp³-hybridized carbons (Fsp3) is 0.400. The topological polar surface area (TPSA) is 74.4 Å². The van der Waals surface area contributed by atoms with Crippen molar-refractivity contribution in [3.05, 3.63) is 17.5 Å². The van der Waals surface area contributed by atoms with Crippen molar-refractivity contribution in [2.24, 2.45) is 0 Å². The summed E-state index contributed by atoms with van der Waals surface area (Å²) in [5, 5.41) is 0. The van der Waals surface area contributed by atoms with Crippen molar-refractivity contribution in [3.63, 3.8) is 0 Å². The predicted octanol–water partition coefficient (Wildman–Crippen LogP) is 2.21. The molecule has 0 amide bonds. The molecular formula is C10H10F4N2O3. The van der Waals surface area contributed by atoms with Crippen molar-refractivity contribution in [2.45, 2.75) is 20.0 Å². The van der Waals surface area contributed by atoms with Gasteiger partial charge in [0.2, 0.25) is 0 Å². The van der Waals surface area contributed by atoms with Crippen LogP contribution in [-0.2, 0) is 11.4 Å². The second kappa shape index (κ2) is 5.72. The Morgan fingerprint density at radius 2 is 2.11 bits per heavy atom. The minimum Gasteiger partial charge on any atom is -0.461 e. The second-order valence-corrected chi connectivity index (χ2v) is 3.28. The quantitative estimate of drug-likeness (QED) is 0.677. The first-order chi connectivity index (χ1) is 8.80. The van der Waals surface area contributed by atoms with Gasteiger partial charge in [0.15, 0.2) is 11.4 Å². The van der Waals surface area contributed by atoms with Crippen molar-refractivity contribution >= 4 is 11.7 Å². The number of hydrogen-bond acceptors (Lipinski definition) is 5. The Bertz CT molecular complexity index is 477. The van der Waals surface area contributed by atoms with E-state index < -0.39 is 36.1 Å². The SMILES string of the molecule is CCOC(=O)c1ncc(CF)c(N)c1OC(F)(F)F. The number of carbonyl (C=O) groups excluding carboxylic acids is 1. The molecule has 9 heteroatoms. The molecule has 2 N–H and O–H groups in total. The highest BCUT2D eigenvalue weighted by molar-refractivity contribution is 5.92. The molecule has 0 unspecified atom stereocenters. The van der Waals surface area contributed by atoms with Crippen LogP contribution in [0.25, 0.3) is 0 Å². The lowest BCUT2D eigenvalue weighted by Gasteiger charge is -2.15. The summed E-state index contributed by atoms with van der Waals surface area (Å²) in [6.45, 7) is 0.244. The monoisotopic (exact) mass is 282 g/mol. The van der Waals surface area contributed by atoms with E-state index in [0.29, 0.717) is 0 Å². The molecule has 0 bridgehead atoms. The van der Waals surface area contributed by atoms with Crippen LogP contribution < -0.4 is 10.5 Å². The highest BCUT2D eigenvalue weighted by Gasteiger charge is 2.35. The minimum atomic E-state index is -5.09. The number of anilines is 1. The van der Waals surface area contributed by atoms with Gasteiger partial charge in [0.1, 0.15) is 6.67 Å². The number of alkyl halides is 4. The van der Waals surface area contributed by atoms with Crippen LogP contribution >= 0.6 is 0 Å². The van der Waals surface area contributed by atoms with Crippen LogP contribution in [-0.4, -0.2) is 23.9 Å². The first-order valence-electron chi connectivity index (χ1n) is 5.06. The van der Waals surface area contributed by atoms with E-state index in [1.54, 1.807) is 0 Å². The number of ether oxygens (including phenoxy) is 2. The molecule has 0 aliphatic heterocycles. The standard InChI is InChI=1S/C10H10F4N2O3/c1-2-18-9(17)7-8(19-10(12,13)14)6(15)5(3-11)4-16-7/h4H,2-3H2,1H3,(H2,15,16). The van der Waals surface area contributed by atoms with E-state index in [-0.39, 0.29) is 12.2 Å². The zero-order valence-corrected chi connectivity index (χ0v) is 9.75. The van der Waals surface area contributed by atoms with Gasteiger partial charge in [-0.05, 0) is 6.92 Å². The molecule has 0 spiro atoms. The fourth-order valence-corrected chi connectivity index (χ4v) is 1.21. The summed E-state index contributed by atoms with van der Waals surface area (Å²) >= 11 is 0. The first kappa shape index (κ1) is 15.0. The lowest BCUT2D eigenvalue weighted by molar-refractivity contribution is -0.274. The molecule has 0 aliphatic rings. The highest BCUT2D eigenvalue weighted by Crippen LogP contribution is 2.34. The van der Waals surface area contributed by atoms with E-state index in [1.807, 2.05) is 0 Å². The Labute approximate surface area is 105 Å². The summed E-state index contributed by atoms with van der Waals surface area (Å²) in [6, 6.07) is 0. The number of nitrogens with two attached hydrogens (primary N) is 1. The number of aromatic nitrogens is 1. The number of carbonyl (C=O) groups is 1. The molecule has 1 aromatic rings. The maximum Gasteiger partial charge on any atom is 0.573 e. The van der Waals surface area contributed by atoms with E-state index in [0.717, 1.165) is 6.20 Å². The molecule has 0 radical (unpaired) electrons. The third kappa shape index (κ3) is 3.70. The zero-order valence-electron chi connectivity index (χ0n) is 9.75. The zero-order chi connectivity index (χ0) is 14.6. The van der Waals surface area contributed by atoms with Gasteiger partial charge in [-0.3, -0.25) is 0 Å². The van der Waals surface area contributed by atoms with Crippen molar-refractivity contribution in [2.75, 3.05) is 12.3 Å². The molecule has 1 rings (SSSR count). The summed E-state index contributed by atoms with van der Waals surface area (Å²) < 4.78 is 57.3. The molecule has 0 aromatic carbocycles. The molecule has 1 aromatic heterocycles. The Morgan fingerprint density at radius 1 is 1.47 bits per heavy atom. The Balaban J connectivity index is 3.30. The number of halogens is 4. The summed E-state index contributed by atoms with van der Waals surface area (Å²) in [6.07, 6.45) is -4.24. The van der Waals surface area contributed by atoms with Crippen molar-refractivity contribution in [3.8, 4) is 5.75 Å². The number of nitrogens with zero attached hydrogens (tertiary/aromatic N) is 1. The maximum atomic E-state index is 12.5. The van der Waals surface area contributed by atoms with Gasteiger partial charge in [-0.25, -0.2) is 14.2 Å². The average molecular weight is 282 g/mol. The second-order valence-electron chi connectivity index (χ2n) is 3.28. The highest BCUT2D eigenvalue weighted by atomic mass is 19.4. The third-order valence-corrected chi connectivity index (χ3v) is 1.99. The van der Waals surface area contributed by atoms with Gasteiger partial charge in [-0.1, -0.05) is 0 Å². The molecule has 5 nitrogen and oxygen atoms in total. The van der Waals surface area contributed by atoms with Crippen LogP contribution in [0.5, 0.6) is 5.75 Å². The molecule has 106 valence electrons. The van der Waals surface area contributed by atoms with Gasteiger partial charge in [0.25, 0.3) is 0 Å². The largest absolute Gasteiger partial charge is 0.573 e. The molecule has 0 saturated heterocycles. The van der Waals surface area contributed by atoms with Crippen LogP contribution in [0.15, 0.2) is 6.20 Å². The van der Waals surface area contributed by atoms with E-state index in [9.17, 15) is 22.4 Å². The summed E-state index contributed by atoms with van der Waals surface area (Å²) in [5.41, 5.74) is 3.61. The van der Waals surface area contributed by atoms with Gasteiger partial charge in [0, 0.05) is 11.8 Å². The van der Waals surface area contributed by atoms with Crippen LogP contribution in [0.3, 0.4) is 0 Å². The maximum absolute atomic E-state index is 12.5. The van der Waals surface area contributed by atoms with Crippen molar-refractivity contribution in [1.82, 2.24) is 4.98 Å². The summed E-state index contributed by atoms with van der Waals surface area (Å²) in [7, 11) is 0. The van der Waals surface area contributed by atoms with E-state index in [2.05, 4.69) is 14.5 Å². The fourth-order valence-electron chi connectivity index (χ4n) is 1.21. The van der Waals surface area contributed by atoms with Crippen LogP contribution in [0, 0.1) is 0 Å². The van der Waals surface area contributed by atoms with Gasteiger partial charge in [-0.2, -0.15) is 0 Å². The van der Waals surface area contributed by atoms with Gasteiger partial charge in [0.05, 0.1) is 12.3 Å². The summed E-state index contributed by atoms with van der Waals surface area (Å²) in [4.78, 5) is 14.8. The third-order valence-electron chi connectivity index (χ3n) is 1.99. The molecular weight excluding hydrogens is 272 g/mol. The lowest BCUT2D eigenvalue weighted by Crippen LogP contribution is -2.22. The normalized spacial score (nSPS) is 11.2. The van der Waals surface area contributed by atoms with Crippen molar-refractivity contribution < 1.29 is 31.8 Å². The number of nitrogen functional groups attached to an aromatic ring is 1. The molecule has 0 atom stereocenters. The number of hydrogen-bond donors (Lipinski definition) is 1. The smallest absolute Gasteiger partial charge is 0.461 e. The molecule has 0 aliphatic carbocycles. The summed E-state index contributed by atoms with van der Waals surface area (Å²) in [5.74, 6) is -2.19. The van der Waals surface area contributed by atoms with Crippen LogP contribution in [0.2, 0.25) is 0 Å². The molecule has 1 heterocycles. The Hall–Kier alpha value is -2.06. The lowest BCUT2D eigenvalue weighted by atomic mass is 10.2. The van der Waals surface area contributed by atoms with Crippen LogP contribution in [0.1, 0.15) is 23.0 Å². The van der Waals surface area contributed by atoms with Crippen molar-refractivity contribution in [1.29, 1.82) is 0 Å². The van der Waals surface area contributed by atoms with Gasteiger partial charge < -0.3 is 15.2 Å². The molecule has 0 fully saturated rings. The molecule has 0 saturated carbocycles. The first-order valence-corrected chi connectivity index (χ1v) is 5.06. The van der Waals surface area contributed by atoms with Gasteiger partial charge in [-0.15, -0.1) is 13.2 Å². The van der Waals surface area contributed by atoms with E-state index in [1.165, 1.54) is 6.92 Å². The number of esters is 1. The Morgan fingerprint density at radius 3 is 2.58 bits per heavy atom. The average Bonchev–Trinajstić information content (AvgIpc) is 2.30. The minimum absolute atomic E-state index is 0.0727. The number of pyridine rings is 1. The predicted molar refractivity (Wildman–Crippen MR) is 56.1 cm³/mol. The van der Waals surface area contributed by atoms with Crippen LogP contribution in [0.4, 0.5) is 23.2 Å². The molecule has 19 heavy (non-hydrogen) atoms.